The van der Waals surface area contributed by atoms with E-state index in [0.29, 0.717) is 21.5 Å². The quantitative estimate of drug-likeness (QED) is 0.673. The number of benzene rings is 1. The van der Waals surface area contributed by atoms with Crippen LogP contribution < -0.4 is 10.6 Å². The van der Waals surface area contributed by atoms with Gasteiger partial charge in [0.2, 0.25) is 0 Å². The summed E-state index contributed by atoms with van der Waals surface area (Å²) in [6.45, 7) is 2.44. The van der Waals surface area contributed by atoms with E-state index in [0.717, 1.165) is 11.5 Å². The van der Waals surface area contributed by atoms with Crippen LogP contribution in [0.2, 0.25) is 0 Å². The molecule has 5 heteroatoms. The number of furan rings is 1. The lowest BCUT2D eigenvalue weighted by Gasteiger charge is -2.20. The first-order chi connectivity index (χ1) is 8.47. The molecule has 2 rings (SSSR count). The maximum atomic E-state index is 13.5. The zero-order valence-corrected chi connectivity index (χ0v) is 12.4. The van der Waals surface area contributed by atoms with Crippen molar-refractivity contribution in [2.24, 2.45) is 0 Å². The highest BCUT2D eigenvalue weighted by Gasteiger charge is 2.11. The minimum Gasteiger partial charge on any atom is -0.464 e. The number of rotatable bonds is 3. The van der Waals surface area contributed by atoms with E-state index in [4.69, 9.17) is 10.2 Å². The van der Waals surface area contributed by atoms with Crippen molar-refractivity contribution in [2.75, 3.05) is 17.7 Å². The first-order valence-electron chi connectivity index (χ1n) is 5.48. The van der Waals surface area contributed by atoms with Gasteiger partial charge in [0, 0.05) is 13.1 Å². The summed E-state index contributed by atoms with van der Waals surface area (Å²) in [4.78, 5) is 1.87. The molecule has 2 aromatic rings. The summed E-state index contributed by atoms with van der Waals surface area (Å²) in [5, 5.41) is 0. The van der Waals surface area contributed by atoms with Gasteiger partial charge in [-0.3, -0.25) is 0 Å². The highest BCUT2D eigenvalue weighted by Crippen LogP contribution is 2.28. The van der Waals surface area contributed by atoms with E-state index in [1.807, 2.05) is 53.6 Å². The molecule has 0 bridgehead atoms. The fourth-order valence-electron chi connectivity index (χ4n) is 1.77. The largest absolute Gasteiger partial charge is 0.464 e. The molecule has 96 valence electrons. The molecule has 18 heavy (non-hydrogen) atoms. The second-order valence-corrected chi connectivity index (χ2v) is 5.36. The Morgan fingerprint density at radius 2 is 2.11 bits per heavy atom. The Labute approximate surface area is 119 Å². The molecule has 1 heterocycles. The summed E-state index contributed by atoms with van der Waals surface area (Å²) in [7, 11) is 1.86. The molecule has 0 saturated heterocycles. The Balaban J connectivity index is 2.23. The molecule has 0 spiro atoms. The van der Waals surface area contributed by atoms with Crippen molar-refractivity contribution >= 4 is 34.0 Å². The van der Waals surface area contributed by atoms with E-state index >= 15 is 0 Å². The van der Waals surface area contributed by atoms with Gasteiger partial charge in [-0.25, -0.2) is 4.39 Å². The highest BCUT2D eigenvalue weighted by atomic mass is 127. The molecule has 1 aromatic heterocycles. The van der Waals surface area contributed by atoms with Gasteiger partial charge in [-0.1, -0.05) is 0 Å². The van der Waals surface area contributed by atoms with E-state index in [1.54, 1.807) is 6.07 Å². The van der Waals surface area contributed by atoms with Crippen LogP contribution in [0.4, 0.5) is 15.8 Å². The molecule has 0 fully saturated rings. The summed E-state index contributed by atoms with van der Waals surface area (Å²) in [6, 6.07) is 6.90. The average Bonchev–Trinajstić information content (AvgIpc) is 2.69. The number of nitrogens with two attached hydrogens (primary N) is 1. The van der Waals surface area contributed by atoms with Crippen molar-refractivity contribution in [3.8, 4) is 0 Å². The summed E-state index contributed by atoms with van der Waals surface area (Å²) in [6.07, 6.45) is 0. The van der Waals surface area contributed by atoms with Crippen LogP contribution in [0.25, 0.3) is 0 Å². The topological polar surface area (TPSA) is 42.4 Å². The van der Waals surface area contributed by atoms with Crippen LogP contribution in [0, 0.1) is 16.3 Å². The first kappa shape index (κ1) is 13.2. The predicted molar refractivity (Wildman–Crippen MR) is 79.1 cm³/mol. The van der Waals surface area contributed by atoms with E-state index in [9.17, 15) is 4.39 Å². The summed E-state index contributed by atoms with van der Waals surface area (Å²) < 4.78 is 19.6. The molecule has 0 radical (unpaired) electrons. The summed E-state index contributed by atoms with van der Waals surface area (Å²) in [5.41, 5.74) is 7.14. The molecule has 0 saturated carbocycles. The van der Waals surface area contributed by atoms with Crippen LogP contribution in [-0.2, 0) is 6.54 Å². The molecular weight excluding hydrogens is 346 g/mol. The zero-order chi connectivity index (χ0) is 13.3. The van der Waals surface area contributed by atoms with Gasteiger partial charge in [0.1, 0.15) is 17.3 Å². The molecule has 0 aliphatic rings. The number of nitrogen functional groups attached to an aromatic ring is 1. The van der Waals surface area contributed by atoms with E-state index in [2.05, 4.69) is 0 Å². The van der Waals surface area contributed by atoms with Gasteiger partial charge in [-0.2, -0.15) is 0 Å². The first-order valence-corrected chi connectivity index (χ1v) is 6.56. The molecule has 0 unspecified atom stereocenters. The number of anilines is 2. The number of hydrogen-bond acceptors (Lipinski definition) is 3. The molecule has 0 amide bonds. The van der Waals surface area contributed by atoms with Crippen molar-refractivity contribution in [3.63, 3.8) is 0 Å². The molecular formula is C13H14FIN2O. The molecule has 2 N–H and O–H groups in total. The maximum Gasteiger partial charge on any atom is 0.138 e. The lowest BCUT2D eigenvalue weighted by molar-refractivity contribution is 0.481. The molecule has 1 aromatic carbocycles. The predicted octanol–water partition coefficient (Wildman–Crippen LogP) is 3.55. The number of aryl methyl sites for hydroxylation is 1. The van der Waals surface area contributed by atoms with Crippen molar-refractivity contribution in [3.05, 3.63) is 45.2 Å². The van der Waals surface area contributed by atoms with Crippen molar-refractivity contribution in [1.82, 2.24) is 0 Å². The number of nitrogens with zero attached hydrogens (tertiary/aromatic N) is 1. The SMILES string of the molecule is Cc1ccc(CN(C)c2cc(F)c(I)cc2N)o1. The van der Waals surface area contributed by atoms with Gasteiger partial charge in [-0.05, 0) is 47.7 Å². The Hall–Kier alpha value is -1.24. The summed E-state index contributed by atoms with van der Waals surface area (Å²) in [5.74, 6) is 1.43. The minimum atomic E-state index is -0.262. The Morgan fingerprint density at radius 1 is 1.39 bits per heavy atom. The molecule has 0 aliphatic heterocycles. The third-order valence-corrected chi connectivity index (χ3v) is 3.50. The number of hydrogen-bond donors (Lipinski definition) is 1. The third kappa shape index (κ3) is 2.77. The Kier molecular flexibility index (Phi) is 3.79. The molecule has 0 aliphatic carbocycles. The van der Waals surface area contributed by atoms with E-state index in [-0.39, 0.29) is 5.82 Å². The van der Waals surface area contributed by atoms with Crippen LogP contribution in [-0.4, -0.2) is 7.05 Å². The second-order valence-electron chi connectivity index (χ2n) is 4.19. The van der Waals surface area contributed by atoms with Crippen molar-refractivity contribution < 1.29 is 8.81 Å². The fourth-order valence-corrected chi connectivity index (χ4v) is 2.26. The van der Waals surface area contributed by atoms with Gasteiger partial charge >= 0.3 is 0 Å². The van der Waals surface area contributed by atoms with E-state index in [1.165, 1.54) is 6.07 Å². The lowest BCUT2D eigenvalue weighted by Crippen LogP contribution is -2.17. The number of halogens is 2. The fraction of sp³-hybridized carbons (Fsp3) is 0.231. The molecule has 3 nitrogen and oxygen atoms in total. The second kappa shape index (κ2) is 5.17. The third-order valence-electron chi connectivity index (χ3n) is 2.67. The smallest absolute Gasteiger partial charge is 0.138 e. The monoisotopic (exact) mass is 360 g/mol. The lowest BCUT2D eigenvalue weighted by atomic mass is 10.2. The van der Waals surface area contributed by atoms with Gasteiger partial charge in [0.25, 0.3) is 0 Å². The van der Waals surface area contributed by atoms with Gasteiger partial charge in [-0.15, -0.1) is 0 Å². The zero-order valence-electron chi connectivity index (χ0n) is 10.2. The van der Waals surface area contributed by atoms with E-state index < -0.39 is 0 Å². The van der Waals surface area contributed by atoms with Crippen LogP contribution in [0.5, 0.6) is 0 Å². The molecule has 0 atom stereocenters. The summed E-state index contributed by atoms with van der Waals surface area (Å²) >= 11 is 1.92. The van der Waals surface area contributed by atoms with Gasteiger partial charge < -0.3 is 15.1 Å². The normalized spacial score (nSPS) is 10.7. The standard InChI is InChI=1S/C13H14FIN2O/c1-8-3-4-9(18-8)7-17(2)13-5-10(14)11(15)6-12(13)16/h3-6H,7,16H2,1-2H3. The maximum absolute atomic E-state index is 13.5. The van der Waals surface area contributed by atoms with Crippen LogP contribution in [0.1, 0.15) is 11.5 Å². The van der Waals surface area contributed by atoms with Crippen LogP contribution >= 0.6 is 22.6 Å². The van der Waals surface area contributed by atoms with Gasteiger partial charge in [0.15, 0.2) is 0 Å². The minimum absolute atomic E-state index is 0.262. The van der Waals surface area contributed by atoms with Gasteiger partial charge in [0.05, 0.1) is 21.5 Å². The van der Waals surface area contributed by atoms with Crippen LogP contribution in [0.15, 0.2) is 28.7 Å². The Morgan fingerprint density at radius 3 is 2.72 bits per heavy atom. The van der Waals surface area contributed by atoms with Crippen molar-refractivity contribution in [1.29, 1.82) is 0 Å². The average molecular weight is 360 g/mol. The van der Waals surface area contributed by atoms with Crippen molar-refractivity contribution in [2.45, 2.75) is 13.5 Å². The highest BCUT2D eigenvalue weighted by molar-refractivity contribution is 14.1. The Bertz CT molecular complexity index is 568. The van der Waals surface area contributed by atoms with Crippen LogP contribution in [0.3, 0.4) is 0 Å².